The van der Waals surface area contributed by atoms with E-state index in [4.69, 9.17) is 58.0 Å². The normalized spacial score (nSPS) is 11.8. The molecule has 0 heterocycles. The Morgan fingerprint density at radius 1 is 1.08 bits per heavy atom. The Morgan fingerprint density at radius 3 is 2.00 bits per heavy atom. The molecular weight excluding hydrogens is 280 g/mol. The van der Waals surface area contributed by atoms with Gasteiger partial charge in [0.25, 0.3) is 0 Å². The van der Waals surface area contributed by atoms with Crippen LogP contribution < -0.4 is 0 Å². The second kappa shape index (κ2) is 4.00. The lowest BCUT2D eigenvalue weighted by atomic mass is 10.2. The minimum absolute atomic E-state index is 0.00926. The van der Waals surface area contributed by atoms with E-state index in [1.807, 2.05) is 0 Å². The van der Waals surface area contributed by atoms with Crippen molar-refractivity contribution in [1.29, 1.82) is 0 Å². The van der Waals surface area contributed by atoms with E-state index in [0.717, 1.165) is 6.07 Å². The van der Waals surface area contributed by atoms with E-state index in [1.165, 1.54) is 6.07 Å². The monoisotopic (exact) mass is 280 g/mol. The molecule has 0 aromatic heterocycles. The van der Waals surface area contributed by atoms with Crippen LogP contribution in [0.25, 0.3) is 0 Å². The van der Waals surface area contributed by atoms with Gasteiger partial charge in [-0.05, 0) is 12.1 Å². The molecule has 72 valence electrons. The highest BCUT2D eigenvalue weighted by atomic mass is 35.6. The van der Waals surface area contributed by atoms with Gasteiger partial charge in [-0.15, -0.1) is 0 Å². The fourth-order valence-electron chi connectivity index (χ4n) is 0.813. The molecule has 0 aliphatic heterocycles. The van der Waals surface area contributed by atoms with Gasteiger partial charge in [0.1, 0.15) is 5.82 Å². The summed E-state index contributed by atoms with van der Waals surface area (Å²) in [7, 11) is 0. The highest BCUT2D eigenvalue weighted by Gasteiger charge is 2.29. The highest BCUT2D eigenvalue weighted by molar-refractivity contribution is 6.67. The summed E-state index contributed by atoms with van der Waals surface area (Å²) in [5.74, 6) is -0.738. The molecule has 0 aliphatic rings. The average molecular weight is 282 g/mol. The molecule has 0 spiro atoms. The van der Waals surface area contributed by atoms with Crippen LogP contribution in [0, 0.1) is 5.82 Å². The molecule has 0 nitrogen and oxygen atoms in total. The zero-order chi connectivity index (χ0) is 10.2. The summed E-state index contributed by atoms with van der Waals surface area (Å²) in [5.41, 5.74) is -0.191. The van der Waals surface area contributed by atoms with Gasteiger partial charge in [-0.1, -0.05) is 58.0 Å². The van der Waals surface area contributed by atoms with Crippen LogP contribution in [0.1, 0.15) is 5.56 Å². The van der Waals surface area contributed by atoms with Crippen LogP contribution in [0.2, 0.25) is 10.0 Å². The lowest BCUT2D eigenvalue weighted by Crippen LogP contribution is -2.04. The summed E-state index contributed by atoms with van der Waals surface area (Å²) in [5, 5.41) is 0.144. The SMILES string of the molecule is Fc1cc(Cl)cc(Cl)c1C(Cl)(Cl)Cl. The summed E-state index contributed by atoms with van der Waals surface area (Å²) in [6.45, 7) is 0. The van der Waals surface area contributed by atoms with Crippen LogP contribution in [-0.2, 0) is 3.79 Å². The van der Waals surface area contributed by atoms with Gasteiger partial charge in [-0.3, -0.25) is 0 Å². The fourth-order valence-corrected chi connectivity index (χ4v) is 2.14. The van der Waals surface area contributed by atoms with Crippen molar-refractivity contribution in [1.82, 2.24) is 0 Å². The quantitative estimate of drug-likeness (QED) is 0.590. The molecule has 1 rings (SSSR count). The molecule has 0 bridgehead atoms. The molecule has 0 atom stereocenters. The maximum Gasteiger partial charge on any atom is 0.220 e. The van der Waals surface area contributed by atoms with Gasteiger partial charge >= 0.3 is 0 Å². The lowest BCUT2D eigenvalue weighted by Gasteiger charge is -2.14. The second-order valence-corrected chi connectivity index (χ2v) is 5.37. The molecule has 1 aromatic rings. The van der Waals surface area contributed by atoms with Crippen LogP contribution in [-0.4, -0.2) is 0 Å². The predicted molar refractivity (Wildman–Crippen MR) is 55.7 cm³/mol. The minimum atomic E-state index is -1.88. The van der Waals surface area contributed by atoms with Crippen LogP contribution in [0.15, 0.2) is 12.1 Å². The molecule has 0 fully saturated rings. The van der Waals surface area contributed by atoms with Crippen molar-refractivity contribution in [3.8, 4) is 0 Å². The lowest BCUT2D eigenvalue weighted by molar-refractivity contribution is 0.613. The van der Waals surface area contributed by atoms with Gasteiger partial charge in [0, 0.05) is 5.02 Å². The molecular formula is C7H2Cl5F. The first-order valence-electron chi connectivity index (χ1n) is 3.04. The highest BCUT2D eigenvalue weighted by Crippen LogP contribution is 2.43. The largest absolute Gasteiger partial charge is 0.220 e. The van der Waals surface area contributed by atoms with Gasteiger partial charge < -0.3 is 0 Å². The third-order valence-corrected chi connectivity index (χ3v) is 2.37. The first-order valence-corrected chi connectivity index (χ1v) is 4.93. The van der Waals surface area contributed by atoms with E-state index in [9.17, 15) is 4.39 Å². The van der Waals surface area contributed by atoms with E-state index in [2.05, 4.69) is 0 Å². The Labute approximate surface area is 99.5 Å². The molecule has 1 aromatic carbocycles. The Bertz CT molecular complexity index is 307. The van der Waals surface area contributed by atoms with Crippen LogP contribution in [0.3, 0.4) is 0 Å². The van der Waals surface area contributed by atoms with E-state index in [-0.39, 0.29) is 15.6 Å². The number of halogens is 6. The van der Waals surface area contributed by atoms with Crippen molar-refractivity contribution in [3.05, 3.63) is 33.6 Å². The van der Waals surface area contributed by atoms with E-state index < -0.39 is 9.61 Å². The van der Waals surface area contributed by atoms with Crippen molar-refractivity contribution in [2.45, 2.75) is 3.79 Å². The molecule has 0 radical (unpaired) electrons. The van der Waals surface area contributed by atoms with Crippen molar-refractivity contribution in [2.24, 2.45) is 0 Å². The van der Waals surface area contributed by atoms with Crippen LogP contribution in [0.5, 0.6) is 0 Å². The molecule has 0 aliphatic carbocycles. The van der Waals surface area contributed by atoms with E-state index >= 15 is 0 Å². The van der Waals surface area contributed by atoms with E-state index in [0.29, 0.717) is 0 Å². The van der Waals surface area contributed by atoms with Crippen molar-refractivity contribution < 1.29 is 4.39 Å². The zero-order valence-corrected chi connectivity index (χ0v) is 9.70. The molecule has 13 heavy (non-hydrogen) atoms. The van der Waals surface area contributed by atoms with Crippen molar-refractivity contribution in [2.75, 3.05) is 0 Å². The summed E-state index contributed by atoms with van der Waals surface area (Å²) in [4.78, 5) is 0. The number of alkyl halides is 3. The van der Waals surface area contributed by atoms with Gasteiger partial charge in [0.15, 0.2) is 0 Å². The average Bonchev–Trinajstić information content (AvgIpc) is 1.78. The summed E-state index contributed by atoms with van der Waals surface area (Å²) in [6.07, 6.45) is 0. The third kappa shape index (κ3) is 2.77. The topological polar surface area (TPSA) is 0 Å². The first-order chi connectivity index (χ1) is 5.82. The molecule has 6 heteroatoms. The van der Waals surface area contributed by atoms with Crippen molar-refractivity contribution >= 4 is 58.0 Å². The molecule has 0 amide bonds. The van der Waals surface area contributed by atoms with Gasteiger partial charge in [0.05, 0.1) is 10.6 Å². The minimum Gasteiger partial charge on any atom is -0.206 e. The predicted octanol–water partition coefficient (Wildman–Crippen LogP) is 4.96. The van der Waals surface area contributed by atoms with E-state index in [1.54, 1.807) is 0 Å². The molecule has 0 N–H and O–H groups in total. The number of hydrogen-bond acceptors (Lipinski definition) is 0. The third-order valence-electron chi connectivity index (χ3n) is 1.29. The van der Waals surface area contributed by atoms with Crippen LogP contribution >= 0.6 is 58.0 Å². The Morgan fingerprint density at radius 2 is 1.62 bits per heavy atom. The number of benzene rings is 1. The van der Waals surface area contributed by atoms with Gasteiger partial charge in [-0.2, -0.15) is 0 Å². The van der Waals surface area contributed by atoms with Gasteiger partial charge in [-0.25, -0.2) is 4.39 Å². The van der Waals surface area contributed by atoms with Crippen molar-refractivity contribution in [3.63, 3.8) is 0 Å². The molecule has 0 saturated carbocycles. The Kier molecular flexibility index (Phi) is 3.59. The zero-order valence-electron chi connectivity index (χ0n) is 5.92. The maximum absolute atomic E-state index is 13.2. The van der Waals surface area contributed by atoms with Gasteiger partial charge in [0.2, 0.25) is 3.79 Å². The first kappa shape index (κ1) is 11.7. The summed E-state index contributed by atoms with van der Waals surface area (Å²) in [6, 6.07) is 2.34. The fraction of sp³-hybridized carbons (Fsp3) is 0.143. The Balaban J connectivity index is 3.38. The van der Waals surface area contributed by atoms with Crippen LogP contribution in [0.4, 0.5) is 4.39 Å². The standard InChI is InChI=1S/C7H2Cl5F/c8-3-1-4(9)6(5(13)2-3)7(10,11)12/h1-2H. The summed E-state index contributed by atoms with van der Waals surface area (Å²) < 4.78 is 11.3. The molecule has 0 saturated heterocycles. The summed E-state index contributed by atoms with van der Waals surface area (Å²) >= 11 is 27.6. The maximum atomic E-state index is 13.2. The second-order valence-electron chi connectivity index (χ2n) is 2.24. The number of rotatable bonds is 0. The number of hydrogen-bond donors (Lipinski definition) is 0. The Hall–Kier alpha value is 0.600. The smallest absolute Gasteiger partial charge is 0.206 e. The molecule has 0 unspecified atom stereocenters.